The van der Waals surface area contributed by atoms with Crippen molar-refractivity contribution in [1.82, 2.24) is 14.5 Å². The first-order valence-electron chi connectivity index (χ1n) is 7.39. The van der Waals surface area contributed by atoms with Gasteiger partial charge in [0.15, 0.2) is 0 Å². The summed E-state index contributed by atoms with van der Waals surface area (Å²) in [6.07, 6.45) is 7.30. The van der Waals surface area contributed by atoms with E-state index in [0.717, 1.165) is 28.6 Å². The zero-order valence-corrected chi connectivity index (χ0v) is 12.4. The maximum absolute atomic E-state index is 13.1. The third-order valence-corrected chi connectivity index (χ3v) is 3.89. The molecule has 0 radical (unpaired) electrons. The van der Waals surface area contributed by atoms with E-state index in [4.69, 9.17) is 0 Å². The van der Waals surface area contributed by atoms with Gasteiger partial charge in [-0.3, -0.25) is 4.98 Å². The minimum Gasteiger partial charge on any atom is -0.333 e. The van der Waals surface area contributed by atoms with E-state index in [0.29, 0.717) is 0 Å². The highest BCUT2D eigenvalue weighted by atomic mass is 19.1. The van der Waals surface area contributed by atoms with Crippen molar-refractivity contribution in [2.24, 2.45) is 0 Å². The summed E-state index contributed by atoms with van der Waals surface area (Å²) < 4.78 is 15.1. The van der Waals surface area contributed by atoms with Crippen LogP contribution in [0.3, 0.4) is 0 Å². The Morgan fingerprint density at radius 3 is 2.61 bits per heavy atom. The zero-order chi connectivity index (χ0) is 15.6. The van der Waals surface area contributed by atoms with Gasteiger partial charge in [-0.1, -0.05) is 24.3 Å². The van der Waals surface area contributed by atoms with Crippen molar-refractivity contribution >= 4 is 10.9 Å². The number of benzene rings is 2. The fourth-order valence-corrected chi connectivity index (χ4v) is 2.76. The number of halogens is 1. The number of hydrogen-bond acceptors (Lipinski definition) is 2. The third-order valence-electron chi connectivity index (χ3n) is 3.89. The molecular formula is C19H14FN3. The molecule has 4 aromatic rings. The van der Waals surface area contributed by atoms with Crippen molar-refractivity contribution in [3.8, 4) is 11.1 Å². The van der Waals surface area contributed by atoms with Crippen LogP contribution in [0.5, 0.6) is 0 Å². The second-order valence-corrected chi connectivity index (χ2v) is 5.45. The van der Waals surface area contributed by atoms with Crippen LogP contribution in [0, 0.1) is 5.82 Å². The fraction of sp³-hybridized carbons (Fsp3) is 0.0526. The molecule has 4 heteroatoms. The molecule has 2 aromatic carbocycles. The molecule has 0 saturated carbocycles. The van der Waals surface area contributed by atoms with E-state index < -0.39 is 0 Å². The second-order valence-electron chi connectivity index (χ2n) is 5.45. The topological polar surface area (TPSA) is 30.7 Å². The Kier molecular flexibility index (Phi) is 3.35. The fourth-order valence-electron chi connectivity index (χ4n) is 2.76. The average molecular weight is 303 g/mol. The lowest BCUT2D eigenvalue weighted by Gasteiger charge is -2.09. The summed E-state index contributed by atoms with van der Waals surface area (Å²) in [5, 5.41) is 1.06. The molecule has 4 rings (SSSR count). The average Bonchev–Trinajstić information content (AvgIpc) is 3.08. The molecule has 0 saturated heterocycles. The van der Waals surface area contributed by atoms with Crippen molar-refractivity contribution in [3.05, 3.63) is 84.8 Å². The molecule has 0 unspecified atom stereocenters. The maximum Gasteiger partial charge on any atom is 0.123 e. The minimum atomic E-state index is -0.227. The highest BCUT2D eigenvalue weighted by molar-refractivity contribution is 5.94. The van der Waals surface area contributed by atoms with Crippen molar-refractivity contribution in [3.63, 3.8) is 0 Å². The second kappa shape index (κ2) is 5.65. The molecule has 2 heterocycles. The molecule has 2 aromatic heterocycles. The van der Waals surface area contributed by atoms with Crippen molar-refractivity contribution < 1.29 is 4.39 Å². The van der Waals surface area contributed by atoms with E-state index in [1.54, 1.807) is 30.9 Å². The zero-order valence-electron chi connectivity index (χ0n) is 12.4. The molecule has 0 aliphatic rings. The SMILES string of the molecule is Fc1ccc(-c2ccnc3cc(Cn4ccnc4)ccc23)cc1. The lowest BCUT2D eigenvalue weighted by atomic mass is 10.0. The van der Waals surface area contributed by atoms with Crippen LogP contribution in [0.4, 0.5) is 4.39 Å². The van der Waals surface area contributed by atoms with Crippen LogP contribution in [0.25, 0.3) is 22.0 Å². The van der Waals surface area contributed by atoms with E-state index in [2.05, 4.69) is 28.2 Å². The van der Waals surface area contributed by atoms with E-state index in [9.17, 15) is 4.39 Å². The smallest absolute Gasteiger partial charge is 0.123 e. The van der Waals surface area contributed by atoms with Crippen molar-refractivity contribution in [2.45, 2.75) is 6.54 Å². The Morgan fingerprint density at radius 1 is 0.957 bits per heavy atom. The standard InChI is InChI=1S/C19H14FN3/c20-16-4-2-15(3-5-16)17-7-8-22-19-11-14(1-6-18(17)19)12-23-10-9-21-13-23/h1-11,13H,12H2. The molecule has 23 heavy (non-hydrogen) atoms. The van der Waals surface area contributed by atoms with E-state index >= 15 is 0 Å². The summed E-state index contributed by atoms with van der Waals surface area (Å²) in [5.41, 5.74) is 4.15. The summed E-state index contributed by atoms with van der Waals surface area (Å²) >= 11 is 0. The van der Waals surface area contributed by atoms with Crippen LogP contribution >= 0.6 is 0 Å². The van der Waals surface area contributed by atoms with Crippen molar-refractivity contribution in [2.75, 3.05) is 0 Å². The largest absolute Gasteiger partial charge is 0.333 e. The number of pyridine rings is 1. The number of rotatable bonds is 3. The first-order chi connectivity index (χ1) is 11.3. The molecule has 112 valence electrons. The number of imidazole rings is 1. The molecule has 0 spiro atoms. The van der Waals surface area contributed by atoms with Crippen LogP contribution < -0.4 is 0 Å². The molecule has 0 N–H and O–H groups in total. The van der Waals surface area contributed by atoms with Gasteiger partial charge in [0.2, 0.25) is 0 Å². The van der Waals surface area contributed by atoms with Gasteiger partial charge in [-0.25, -0.2) is 9.37 Å². The predicted octanol–water partition coefficient (Wildman–Crippen LogP) is 4.29. The summed E-state index contributed by atoms with van der Waals surface area (Å²) in [6, 6.07) is 14.8. The van der Waals surface area contributed by atoms with Gasteiger partial charge < -0.3 is 4.57 Å². The predicted molar refractivity (Wildman–Crippen MR) is 88.5 cm³/mol. The maximum atomic E-state index is 13.1. The molecule has 0 fully saturated rings. The van der Waals surface area contributed by atoms with E-state index in [1.165, 1.54) is 17.7 Å². The Morgan fingerprint density at radius 2 is 1.83 bits per heavy atom. The molecule has 0 aliphatic carbocycles. The van der Waals surface area contributed by atoms with Gasteiger partial charge in [-0.05, 0) is 41.0 Å². The minimum absolute atomic E-state index is 0.227. The van der Waals surface area contributed by atoms with E-state index in [-0.39, 0.29) is 5.82 Å². The van der Waals surface area contributed by atoms with Crippen LogP contribution in [0.2, 0.25) is 0 Å². The Bertz CT molecular complexity index is 944. The monoisotopic (exact) mass is 303 g/mol. The molecule has 0 amide bonds. The van der Waals surface area contributed by atoms with E-state index in [1.807, 2.05) is 16.8 Å². The highest BCUT2D eigenvalue weighted by Gasteiger charge is 2.06. The van der Waals surface area contributed by atoms with Gasteiger partial charge in [-0.2, -0.15) is 0 Å². The number of fused-ring (bicyclic) bond motifs is 1. The third kappa shape index (κ3) is 2.71. The van der Waals surface area contributed by atoms with Gasteiger partial charge >= 0.3 is 0 Å². The number of nitrogens with zero attached hydrogens (tertiary/aromatic N) is 3. The Labute approximate surface area is 133 Å². The summed E-state index contributed by atoms with van der Waals surface area (Å²) in [6.45, 7) is 0.762. The van der Waals surface area contributed by atoms with Crippen molar-refractivity contribution in [1.29, 1.82) is 0 Å². The molecule has 0 atom stereocenters. The molecule has 0 aliphatic heterocycles. The first-order valence-corrected chi connectivity index (χ1v) is 7.39. The van der Waals surface area contributed by atoms with Crippen LogP contribution in [0.1, 0.15) is 5.56 Å². The van der Waals surface area contributed by atoms with Gasteiger partial charge in [0.05, 0.1) is 11.8 Å². The van der Waals surface area contributed by atoms with Crippen LogP contribution in [-0.4, -0.2) is 14.5 Å². The highest BCUT2D eigenvalue weighted by Crippen LogP contribution is 2.28. The number of aromatic nitrogens is 3. The Hall–Kier alpha value is -3.01. The molecule has 0 bridgehead atoms. The molecular weight excluding hydrogens is 289 g/mol. The summed E-state index contributed by atoms with van der Waals surface area (Å²) in [5.74, 6) is -0.227. The summed E-state index contributed by atoms with van der Waals surface area (Å²) in [4.78, 5) is 8.53. The number of hydrogen-bond donors (Lipinski definition) is 0. The first kappa shape index (κ1) is 13.6. The van der Waals surface area contributed by atoms with Gasteiger partial charge in [0.25, 0.3) is 0 Å². The van der Waals surface area contributed by atoms with Crippen LogP contribution in [-0.2, 0) is 6.54 Å². The Balaban J connectivity index is 1.77. The van der Waals surface area contributed by atoms with Gasteiger partial charge in [0.1, 0.15) is 5.82 Å². The molecule has 3 nitrogen and oxygen atoms in total. The lowest BCUT2D eigenvalue weighted by Crippen LogP contribution is -1.96. The normalized spacial score (nSPS) is 11.0. The van der Waals surface area contributed by atoms with Crippen LogP contribution in [0.15, 0.2) is 73.4 Å². The summed E-state index contributed by atoms with van der Waals surface area (Å²) in [7, 11) is 0. The van der Waals surface area contributed by atoms with Gasteiger partial charge in [-0.15, -0.1) is 0 Å². The quantitative estimate of drug-likeness (QED) is 0.565. The lowest BCUT2D eigenvalue weighted by molar-refractivity contribution is 0.628. The van der Waals surface area contributed by atoms with Gasteiger partial charge in [0, 0.05) is 30.5 Å².